The molecule has 1 aliphatic heterocycles. The fraction of sp³-hybridized carbons (Fsp3) is 0.320. The monoisotopic (exact) mass is 414 g/mol. The number of nitrogens with zero attached hydrogens (tertiary/aromatic N) is 3. The first-order chi connectivity index (χ1) is 14.8. The zero-order valence-corrected chi connectivity index (χ0v) is 17.9. The van der Waals surface area contributed by atoms with Crippen molar-refractivity contribution < 1.29 is 9.90 Å². The highest BCUT2D eigenvalue weighted by atomic mass is 16.3. The largest absolute Gasteiger partial charge is 0.390 e. The van der Waals surface area contributed by atoms with Crippen LogP contribution in [0.15, 0.2) is 42.6 Å². The second kappa shape index (κ2) is 7.17. The summed E-state index contributed by atoms with van der Waals surface area (Å²) < 4.78 is 0. The zero-order valence-electron chi connectivity index (χ0n) is 17.9. The molecule has 0 radical (unpaired) electrons. The molecule has 158 valence electrons. The van der Waals surface area contributed by atoms with Gasteiger partial charge >= 0.3 is 0 Å². The average molecular weight is 415 g/mol. The number of piperidine rings is 1. The summed E-state index contributed by atoms with van der Waals surface area (Å²) in [6, 6.07) is 12.1. The Hall–Kier alpha value is -3.25. The molecule has 0 unspecified atom stereocenters. The minimum atomic E-state index is -0.578. The molecule has 1 saturated heterocycles. The Balaban J connectivity index is 1.54. The molecule has 0 spiro atoms. The molecule has 6 nitrogen and oxygen atoms in total. The molecule has 31 heavy (non-hydrogen) atoms. The highest BCUT2D eigenvalue weighted by molar-refractivity contribution is 5.98. The van der Waals surface area contributed by atoms with Crippen LogP contribution in [0.5, 0.6) is 0 Å². The number of aliphatic hydroxyl groups is 1. The first-order valence-corrected chi connectivity index (χ1v) is 10.7. The number of aromatic nitrogens is 2. The topological polar surface area (TPSA) is 92.3 Å². The number of hydrogen-bond acceptors (Lipinski definition) is 5. The SMILES string of the molecule is Cc1ccc(-c2cc(C(N)=O)c3c(n2)-c2ccc(N4CCC(C)(O)CC4)cc2C3)cn1. The Morgan fingerprint density at radius 3 is 2.61 bits per heavy atom. The number of rotatable bonds is 3. The summed E-state index contributed by atoms with van der Waals surface area (Å²) in [6.45, 7) is 5.50. The minimum absolute atomic E-state index is 0.439. The van der Waals surface area contributed by atoms with E-state index < -0.39 is 11.5 Å². The summed E-state index contributed by atoms with van der Waals surface area (Å²) in [7, 11) is 0. The molecule has 1 fully saturated rings. The van der Waals surface area contributed by atoms with Gasteiger partial charge in [-0.25, -0.2) is 4.98 Å². The number of nitrogens with two attached hydrogens (primary N) is 1. The number of hydrogen-bond donors (Lipinski definition) is 2. The lowest BCUT2D eigenvalue weighted by Crippen LogP contribution is -2.42. The fourth-order valence-corrected chi connectivity index (χ4v) is 4.55. The van der Waals surface area contributed by atoms with Gasteiger partial charge in [-0.2, -0.15) is 0 Å². The Morgan fingerprint density at radius 2 is 1.94 bits per heavy atom. The Kier molecular flexibility index (Phi) is 4.55. The van der Waals surface area contributed by atoms with Crippen LogP contribution in [0.3, 0.4) is 0 Å². The number of primary amides is 1. The summed E-state index contributed by atoms with van der Waals surface area (Å²) in [5.41, 5.74) is 13.3. The summed E-state index contributed by atoms with van der Waals surface area (Å²) in [5, 5.41) is 10.2. The van der Waals surface area contributed by atoms with Gasteiger partial charge in [0.25, 0.3) is 0 Å². The van der Waals surface area contributed by atoms with Gasteiger partial charge in [-0.05, 0) is 68.1 Å². The summed E-state index contributed by atoms with van der Waals surface area (Å²) >= 11 is 0. The van der Waals surface area contributed by atoms with Crippen molar-refractivity contribution in [3.05, 3.63) is 65.0 Å². The predicted molar refractivity (Wildman–Crippen MR) is 121 cm³/mol. The number of anilines is 1. The van der Waals surface area contributed by atoms with E-state index in [1.807, 2.05) is 26.0 Å². The van der Waals surface area contributed by atoms with Crippen LogP contribution in [0.25, 0.3) is 22.5 Å². The molecule has 0 atom stereocenters. The van der Waals surface area contributed by atoms with E-state index in [1.54, 1.807) is 12.3 Å². The van der Waals surface area contributed by atoms with Crippen LogP contribution < -0.4 is 10.6 Å². The number of carbonyl (C=O) groups excluding carboxylic acids is 1. The summed E-state index contributed by atoms with van der Waals surface area (Å²) in [6.07, 6.45) is 3.93. The van der Waals surface area contributed by atoms with E-state index in [1.165, 1.54) is 0 Å². The zero-order chi connectivity index (χ0) is 21.8. The van der Waals surface area contributed by atoms with Crippen molar-refractivity contribution in [2.24, 2.45) is 5.73 Å². The fourth-order valence-electron chi connectivity index (χ4n) is 4.55. The van der Waals surface area contributed by atoms with E-state index in [4.69, 9.17) is 10.7 Å². The highest BCUT2D eigenvalue weighted by Gasteiger charge is 2.30. The Labute approximate surface area is 181 Å². The van der Waals surface area contributed by atoms with Gasteiger partial charge in [0.1, 0.15) is 0 Å². The summed E-state index contributed by atoms with van der Waals surface area (Å²) in [5.74, 6) is -0.439. The molecule has 0 bridgehead atoms. The first-order valence-electron chi connectivity index (χ1n) is 10.7. The van der Waals surface area contributed by atoms with Crippen LogP contribution in [-0.2, 0) is 6.42 Å². The molecule has 3 heterocycles. The highest BCUT2D eigenvalue weighted by Crippen LogP contribution is 2.41. The average Bonchev–Trinajstić information content (AvgIpc) is 3.11. The van der Waals surface area contributed by atoms with Crippen LogP contribution in [0.1, 0.15) is 46.9 Å². The maximum atomic E-state index is 12.3. The number of amides is 1. The van der Waals surface area contributed by atoms with Crippen LogP contribution in [0.2, 0.25) is 0 Å². The second-order valence-corrected chi connectivity index (χ2v) is 8.94. The lowest BCUT2D eigenvalue weighted by Gasteiger charge is -2.37. The van der Waals surface area contributed by atoms with Gasteiger partial charge < -0.3 is 15.7 Å². The van der Waals surface area contributed by atoms with E-state index in [2.05, 4.69) is 28.1 Å². The van der Waals surface area contributed by atoms with Crippen molar-refractivity contribution in [3.8, 4) is 22.5 Å². The maximum absolute atomic E-state index is 12.3. The molecular weight excluding hydrogens is 388 g/mol. The molecule has 3 aromatic rings. The smallest absolute Gasteiger partial charge is 0.249 e. The maximum Gasteiger partial charge on any atom is 0.249 e. The van der Waals surface area contributed by atoms with Crippen molar-refractivity contribution in [2.45, 2.75) is 38.7 Å². The van der Waals surface area contributed by atoms with Crippen LogP contribution in [0.4, 0.5) is 5.69 Å². The first kappa shape index (κ1) is 19.7. The number of pyridine rings is 2. The van der Waals surface area contributed by atoms with Gasteiger partial charge in [0, 0.05) is 53.8 Å². The molecular formula is C25H26N4O2. The van der Waals surface area contributed by atoms with E-state index in [0.29, 0.717) is 17.7 Å². The lowest BCUT2D eigenvalue weighted by molar-refractivity contribution is 0.0351. The number of fused-ring (bicyclic) bond motifs is 3. The minimum Gasteiger partial charge on any atom is -0.390 e. The predicted octanol–water partition coefficient (Wildman–Crippen LogP) is 3.47. The molecule has 1 aliphatic carbocycles. The molecule has 0 saturated carbocycles. The van der Waals surface area contributed by atoms with Crippen LogP contribution >= 0.6 is 0 Å². The van der Waals surface area contributed by atoms with Crippen LogP contribution in [0, 0.1) is 6.92 Å². The molecule has 2 aromatic heterocycles. The third-order valence-corrected chi connectivity index (χ3v) is 6.51. The third kappa shape index (κ3) is 3.57. The third-order valence-electron chi connectivity index (χ3n) is 6.51. The van der Waals surface area contributed by atoms with Crippen molar-refractivity contribution in [2.75, 3.05) is 18.0 Å². The van der Waals surface area contributed by atoms with Crippen molar-refractivity contribution >= 4 is 11.6 Å². The number of benzene rings is 1. The van der Waals surface area contributed by atoms with Gasteiger partial charge in [0.15, 0.2) is 0 Å². The molecule has 5 rings (SSSR count). The van der Waals surface area contributed by atoms with E-state index in [9.17, 15) is 9.90 Å². The Bertz CT molecular complexity index is 1170. The van der Waals surface area contributed by atoms with Gasteiger partial charge in [0.05, 0.1) is 17.0 Å². The quantitative estimate of drug-likeness (QED) is 0.535. The van der Waals surface area contributed by atoms with E-state index in [0.717, 1.165) is 65.3 Å². The van der Waals surface area contributed by atoms with Crippen molar-refractivity contribution in [1.82, 2.24) is 9.97 Å². The van der Waals surface area contributed by atoms with Crippen molar-refractivity contribution in [3.63, 3.8) is 0 Å². The van der Waals surface area contributed by atoms with Crippen molar-refractivity contribution in [1.29, 1.82) is 0 Å². The van der Waals surface area contributed by atoms with Gasteiger partial charge in [-0.15, -0.1) is 0 Å². The van der Waals surface area contributed by atoms with Gasteiger partial charge in [-0.3, -0.25) is 9.78 Å². The van der Waals surface area contributed by atoms with Crippen LogP contribution in [-0.4, -0.2) is 39.7 Å². The second-order valence-electron chi connectivity index (χ2n) is 8.94. The normalized spacial score (nSPS) is 16.7. The standard InChI is InChI=1S/C25H26N4O2/c1-15-3-4-16(14-27-15)22-13-21(24(26)30)20-12-17-11-18(5-6-19(17)23(20)28-22)29-9-7-25(2,31)8-10-29/h3-6,11,13-14,31H,7-10,12H2,1-2H3,(H2,26,30). The summed E-state index contributed by atoms with van der Waals surface area (Å²) in [4.78, 5) is 23.9. The van der Waals surface area contributed by atoms with Gasteiger partial charge in [-0.1, -0.05) is 6.07 Å². The molecule has 3 N–H and O–H groups in total. The number of carbonyl (C=O) groups is 1. The molecule has 2 aliphatic rings. The van der Waals surface area contributed by atoms with E-state index in [-0.39, 0.29) is 0 Å². The molecule has 1 aromatic carbocycles. The number of aryl methyl sites for hydroxylation is 1. The lowest BCUT2D eigenvalue weighted by atomic mass is 9.93. The molecule has 6 heteroatoms. The van der Waals surface area contributed by atoms with E-state index >= 15 is 0 Å². The Morgan fingerprint density at radius 1 is 1.16 bits per heavy atom. The molecule has 1 amide bonds. The van der Waals surface area contributed by atoms with Gasteiger partial charge in [0.2, 0.25) is 5.91 Å².